The fourth-order valence-corrected chi connectivity index (χ4v) is 3.38. The molecule has 1 N–H and O–H groups in total. The summed E-state index contributed by atoms with van der Waals surface area (Å²) in [4.78, 5) is 16.9. The number of pyridine rings is 1. The van der Waals surface area contributed by atoms with E-state index < -0.39 is 0 Å². The van der Waals surface area contributed by atoms with Crippen LogP contribution in [0.3, 0.4) is 0 Å². The number of aryl methyl sites for hydroxylation is 1. The van der Waals surface area contributed by atoms with Crippen LogP contribution in [0.5, 0.6) is 0 Å². The molecule has 1 aliphatic rings. The number of nitrogens with one attached hydrogen (secondary N) is 1. The number of carbonyl (C=O) groups is 1. The summed E-state index contributed by atoms with van der Waals surface area (Å²) in [5.41, 5.74) is 4.43. The van der Waals surface area contributed by atoms with Gasteiger partial charge in [0.15, 0.2) is 0 Å². The van der Waals surface area contributed by atoms with Gasteiger partial charge in [-0.25, -0.2) is 4.39 Å². The zero-order valence-corrected chi connectivity index (χ0v) is 13.3. The van der Waals surface area contributed by atoms with Gasteiger partial charge in [-0.1, -0.05) is 24.3 Å². The molecule has 0 aliphatic heterocycles. The minimum absolute atomic E-state index is 0.138. The van der Waals surface area contributed by atoms with Crippen molar-refractivity contribution in [2.75, 3.05) is 6.54 Å². The molecule has 2 aromatic carbocycles. The Morgan fingerprint density at radius 1 is 1.25 bits per heavy atom. The minimum atomic E-state index is -0.349. The van der Waals surface area contributed by atoms with Gasteiger partial charge < -0.3 is 5.32 Å². The Hall–Kier alpha value is -2.75. The zero-order chi connectivity index (χ0) is 16.7. The molecule has 24 heavy (non-hydrogen) atoms. The van der Waals surface area contributed by atoms with Crippen LogP contribution in [0, 0.1) is 12.7 Å². The molecule has 0 saturated carbocycles. The van der Waals surface area contributed by atoms with Crippen molar-refractivity contribution in [2.45, 2.75) is 19.3 Å². The maximum absolute atomic E-state index is 13.4. The van der Waals surface area contributed by atoms with E-state index in [-0.39, 0.29) is 11.7 Å². The topological polar surface area (TPSA) is 42.0 Å². The average Bonchev–Trinajstić information content (AvgIpc) is 2.54. The van der Waals surface area contributed by atoms with Crippen LogP contribution >= 0.6 is 0 Å². The van der Waals surface area contributed by atoms with Crippen molar-refractivity contribution in [1.82, 2.24) is 10.3 Å². The lowest BCUT2D eigenvalue weighted by molar-refractivity contribution is 0.0951. The number of fused-ring (bicyclic) bond motifs is 2. The van der Waals surface area contributed by atoms with E-state index in [1.807, 2.05) is 19.1 Å². The number of benzene rings is 2. The number of nitrogens with zero attached hydrogens (tertiary/aromatic N) is 1. The molecule has 1 heterocycles. The third-order valence-corrected chi connectivity index (χ3v) is 4.61. The highest BCUT2D eigenvalue weighted by atomic mass is 19.1. The first-order chi connectivity index (χ1) is 11.6. The highest BCUT2D eigenvalue weighted by Gasteiger charge is 2.25. The number of hydrogen-bond donors (Lipinski definition) is 1. The molecular weight excluding hydrogens is 303 g/mol. The summed E-state index contributed by atoms with van der Waals surface area (Å²) in [7, 11) is 0. The summed E-state index contributed by atoms with van der Waals surface area (Å²) in [6, 6.07) is 14.4. The van der Waals surface area contributed by atoms with Crippen molar-refractivity contribution in [3.63, 3.8) is 0 Å². The van der Waals surface area contributed by atoms with E-state index in [1.54, 1.807) is 12.1 Å². The van der Waals surface area contributed by atoms with Gasteiger partial charge in [-0.2, -0.15) is 0 Å². The summed E-state index contributed by atoms with van der Waals surface area (Å²) in [6.07, 6.45) is 0.998. The molecule has 0 fully saturated rings. The van der Waals surface area contributed by atoms with Crippen LogP contribution in [0.2, 0.25) is 0 Å². The van der Waals surface area contributed by atoms with Crippen molar-refractivity contribution >= 4 is 16.8 Å². The van der Waals surface area contributed by atoms with Gasteiger partial charge in [0.1, 0.15) is 5.82 Å². The summed E-state index contributed by atoms with van der Waals surface area (Å²) in [5.74, 6) is -0.115. The molecule has 4 rings (SSSR count). The maximum Gasteiger partial charge on any atom is 0.252 e. The van der Waals surface area contributed by atoms with E-state index in [0.29, 0.717) is 34.6 Å². The van der Waals surface area contributed by atoms with E-state index in [1.165, 1.54) is 23.3 Å². The molecule has 0 bridgehead atoms. The largest absolute Gasteiger partial charge is 0.351 e. The van der Waals surface area contributed by atoms with Gasteiger partial charge >= 0.3 is 0 Å². The van der Waals surface area contributed by atoms with Crippen LogP contribution < -0.4 is 5.32 Å². The quantitative estimate of drug-likeness (QED) is 0.798. The molecule has 1 amide bonds. The molecule has 1 atom stereocenters. The molecule has 0 radical (unpaired) electrons. The molecule has 1 aliphatic carbocycles. The highest BCUT2D eigenvalue weighted by molar-refractivity contribution is 6.06. The second-order valence-electron chi connectivity index (χ2n) is 6.28. The SMILES string of the molecule is Cc1cc(C(=O)NCC2Cc3ccccc32)c2ccc(F)cc2n1. The fourth-order valence-electron chi connectivity index (χ4n) is 3.38. The molecule has 1 aromatic heterocycles. The molecule has 1 unspecified atom stereocenters. The number of hydrogen-bond acceptors (Lipinski definition) is 2. The fraction of sp³-hybridized carbons (Fsp3) is 0.200. The summed E-state index contributed by atoms with van der Waals surface area (Å²) >= 11 is 0. The lowest BCUT2D eigenvalue weighted by atomic mass is 9.77. The predicted molar refractivity (Wildman–Crippen MR) is 91.7 cm³/mol. The number of halogens is 1. The minimum Gasteiger partial charge on any atom is -0.351 e. The first kappa shape index (κ1) is 14.8. The van der Waals surface area contributed by atoms with Gasteiger partial charge in [0.25, 0.3) is 5.91 Å². The Kier molecular flexibility index (Phi) is 3.53. The normalized spacial score (nSPS) is 15.7. The molecule has 4 heteroatoms. The second kappa shape index (κ2) is 5.71. The molecule has 3 nitrogen and oxygen atoms in total. The Labute approximate surface area is 139 Å². The van der Waals surface area contributed by atoms with E-state index in [0.717, 1.165) is 6.42 Å². The van der Waals surface area contributed by atoms with Crippen LogP contribution in [-0.2, 0) is 6.42 Å². The van der Waals surface area contributed by atoms with Crippen molar-refractivity contribution < 1.29 is 9.18 Å². The number of rotatable bonds is 3. The molecule has 120 valence electrons. The first-order valence-electron chi connectivity index (χ1n) is 8.05. The molecule has 0 saturated heterocycles. The van der Waals surface area contributed by atoms with E-state index in [2.05, 4.69) is 22.4 Å². The summed E-state index contributed by atoms with van der Waals surface area (Å²) in [5, 5.41) is 3.69. The summed E-state index contributed by atoms with van der Waals surface area (Å²) in [6.45, 7) is 2.42. The van der Waals surface area contributed by atoms with Crippen LogP contribution in [0.4, 0.5) is 4.39 Å². The Balaban J connectivity index is 1.56. The standard InChI is InChI=1S/C20H17FN2O/c1-12-8-18(17-7-6-15(21)10-19(17)23-12)20(24)22-11-14-9-13-4-2-3-5-16(13)14/h2-8,10,14H,9,11H2,1H3,(H,22,24). The number of aromatic nitrogens is 1. The number of amides is 1. The smallest absolute Gasteiger partial charge is 0.252 e. The Morgan fingerprint density at radius 2 is 2.08 bits per heavy atom. The number of carbonyl (C=O) groups excluding carboxylic acids is 1. The van der Waals surface area contributed by atoms with Crippen LogP contribution in [-0.4, -0.2) is 17.4 Å². The third kappa shape index (κ3) is 2.54. The van der Waals surface area contributed by atoms with Crippen molar-refractivity contribution in [3.8, 4) is 0 Å². The van der Waals surface area contributed by atoms with Crippen molar-refractivity contribution in [3.05, 3.63) is 76.7 Å². The van der Waals surface area contributed by atoms with Crippen molar-refractivity contribution in [1.29, 1.82) is 0 Å². The molecule has 0 spiro atoms. The van der Waals surface area contributed by atoms with E-state index in [4.69, 9.17) is 0 Å². The van der Waals surface area contributed by atoms with Gasteiger partial charge in [0.2, 0.25) is 0 Å². The monoisotopic (exact) mass is 320 g/mol. The van der Waals surface area contributed by atoms with Crippen molar-refractivity contribution in [2.24, 2.45) is 0 Å². The third-order valence-electron chi connectivity index (χ3n) is 4.61. The Bertz CT molecular complexity index is 946. The lowest BCUT2D eigenvalue weighted by Gasteiger charge is -2.30. The van der Waals surface area contributed by atoms with E-state index >= 15 is 0 Å². The predicted octanol–water partition coefficient (Wildman–Crippen LogP) is 3.75. The van der Waals surface area contributed by atoms with Gasteiger partial charge in [0, 0.05) is 29.6 Å². The zero-order valence-electron chi connectivity index (χ0n) is 13.3. The first-order valence-corrected chi connectivity index (χ1v) is 8.05. The second-order valence-corrected chi connectivity index (χ2v) is 6.28. The van der Waals surface area contributed by atoms with Gasteiger partial charge in [0.05, 0.1) is 11.1 Å². The molecule has 3 aromatic rings. The lowest BCUT2D eigenvalue weighted by Crippen LogP contribution is -2.33. The highest BCUT2D eigenvalue weighted by Crippen LogP contribution is 2.34. The van der Waals surface area contributed by atoms with E-state index in [9.17, 15) is 9.18 Å². The molecular formula is C20H17FN2O. The maximum atomic E-state index is 13.4. The van der Waals surface area contributed by atoms with Crippen LogP contribution in [0.1, 0.15) is 33.1 Å². The Morgan fingerprint density at radius 3 is 2.92 bits per heavy atom. The van der Waals surface area contributed by atoms with Gasteiger partial charge in [-0.3, -0.25) is 9.78 Å². The summed E-state index contributed by atoms with van der Waals surface area (Å²) < 4.78 is 13.4. The average molecular weight is 320 g/mol. The van der Waals surface area contributed by atoms with Crippen LogP contribution in [0.15, 0.2) is 48.5 Å². The van der Waals surface area contributed by atoms with Gasteiger partial charge in [-0.15, -0.1) is 0 Å². The van der Waals surface area contributed by atoms with Crippen LogP contribution in [0.25, 0.3) is 10.9 Å². The van der Waals surface area contributed by atoms with Gasteiger partial charge in [-0.05, 0) is 42.7 Å².